The lowest BCUT2D eigenvalue weighted by molar-refractivity contribution is 0.137. The maximum Gasteiger partial charge on any atom is 0.0755 e. The average molecular weight is 374 g/mol. The summed E-state index contributed by atoms with van der Waals surface area (Å²) in [5, 5.41) is 20.8. The average Bonchev–Trinajstić information content (AvgIpc) is 3.13. The van der Waals surface area contributed by atoms with Crippen LogP contribution in [0, 0.1) is 35.5 Å². The highest BCUT2D eigenvalue weighted by molar-refractivity contribution is 5.18. The largest absolute Gasteiger partial charge is 0.392 e. The van der Waals surface area contributed by atoms with Gasteiger partial charge in [0.1, 0.15) is 0 Å². The molecule has 0 aromatic rings. The number of aliphatic hydroxyl groups excluding tert-OH is 2. The van der Waals surface area contributed by atoms with Gasteiger partial charge in [-0.25, -0.2) is 0 Å². The smallest absolute Gasteiger partial charge is 0.0755 e. The van der Waals surface area contributed by atoms with Crippen LogP contribution in [0.3, 0.4) is 0 Å². The molecule has 6 atom stereocenters. The monoisotopic (exact) mass is 373 g/mol. The van der Waals surface area contributed by atoms with Gasteiger partial charge in [-0.15, -0.1) is 11.8 Å². The summed E-state index contributed by atoms with van der Waals surface area (Å²) in [7, 11) is 4.26. The molecule has 0 aromatic heterocycles. The van der Waals surface area contributed by atoms with E-state index in [1.807, 2.05) is 19.9 Å². The predicted octanol–water partition coefficient (Wildman–Crippen LogP) is 4.02. The summed E-state index contributed by atoms with van der Waals surface area (Å²) in [5.74, 6) is 7.40. The molecule has 152 valence electrons. The van der Waals surface area contributed by atoms with Crippen molar-refractivity contribution in [2.75, 3.05) is 20.6 Å². The van der Waals surface area contributed by atoms with Crippen LogP contribution in [0.2, 0.25) is 0 Å². The van der Waals surface area contributed by atoms with Crippen molar-refractivity contribution in [1.29, 1.82) is 0 Å². The Morgan fingerprint density at radius 1 is 1.26 bits per heavy atom. The van der Waals surface area contributed by atoms with Crippen molar-refractivity contribution in [2.24, 2.45) is 23.7 Å². The van der Waals surface area contributed by atoms with Gasteiger partial charge in [-0.2, -0.15) is 0 Å². The first-order valence-electron chi connectivity index (χ1n) is 10.7. The zero-order chi connectivity index (χ0) is 19.8. The molecule has 0 saturated heterocycles. The number of allylic oxidation sites excluding steroid dienone is 2. The second kappa shape index (κ2) is 11.1. The van der Waals surface area contributed by atoms with Crippen molar-refractivity contribution in [2.45, 2.75) is 71.0 Å². The highest BCUT2D eigenvalue weighted by Crippen LogP contribution is 2.50. The van der Waals surface area contributed by atoms with Crippen LogP contribution in [0.1, 0.15) is 58.8 Å². The van der Waals surface area contributed by atoms with Gasteiger partial charge in [0, 0.05) is 12.3 Å². The zero-order valence-corrected chi connectivity index (χ0v) is 17.7. The summed E-state index contributed by atoms with van der Waals surface area (Å²) in [6, 6.07) is 0. The predicted molar refractivity (Wildman–Crippen MR) is 113 cm³/mol. The van der Waals surface area contributed by atoms with Crippen LogP contribution in [0.5, 0.6) is 0 Å². The van der Waals surface area contributed by atoms with Crippen molar-refractivity contribution in [1.82, 2.24) is 4.90 Å². The second-order valence-corrected chi connectivity index (χ2v) is 8.86. The molecular formula is C24H39NO2. The fourth-order valence-electron chi connectivity index (χ4n) is 4.63. The van der Waals surface area contributed by atoms with Crippen molar-refractivity contribution < 1.29 is 10.2 Å². The molecule has 2 rings (SSSR count). The Hall–Kier alpha value is -1.08. The molecule has 0 aliphatic heterocycles. The van der Waals surface area contributed by atoms with Crippen LogP contribution < -0.4 is 0 Å². The highest BCUT2D eigenvalue weighted by Gasteiger charge is 2.44. The molecule has 2 saturated carbocycles. The Labute approximate surface area is 166 Å². The Kier molecular flexibility index (Phi) is 9.09. The van der Waals surface area contributed by atoms with E-state index in [0.717, 1.165) is 25.8 Å². The first-order chi connectivity index (χ1) is 12.9. The van der Waals surface area contributed by atoms with Gasteiger partial charge in [0.15, 0.2) is 0 Å². The lowest BCUT2D eigenvalue weighted by atomic mass is 9.89. The molecule has 2 N–H and O–H groups in total. The van der Waals surface area contributed by atoms with E-state index in [0.29, 0.717) is 18.3 Å². The van der Waals surface area contributed by atoms with Gasteiger partial charge in [0.25, 0.3) is 0 Å². The molecule has 0 bridgehead atoms. The maximum absolute atomic E-state index is 10.5. The Bertz CT molecular complexity index is 569. The van der Waals surface area contributed by atoms with Gasteiger partial charge in [0.05, 0.1) is 12.2 Å². The van der Waals surface area contributed by atoms with E-state index in [-0.39, 0.29) is 17.9 Å². The summed E-state index contributed by atoms with van der Waals surface area (Å²) in [6.07, 6.45) is 13.3. The van der Waals surface area contributed by atoms with E-state index in [4.69, 9.17) is 0 Å². The van der Waals surface area contributed by atoms with Crippen LogP contribution in [0.4, 0.5) is 0 Å². The van der Waals surface area contributed by atoms with Crippen molar-refractivity contribution in [3.8, 4) is 11.8 Å². The van der Waals surface area contributed by atoms with Gasteiger partial charge < -0.3 is 15.1 Å². The molecule has 2 aliphatic rings. The number of aliphatic hydroxyl groups is 2. The summed E-state index contributed by atoms with van der Waals surface area (Å²) < 4.78 is 0. The second-order valence-electron chi connectivity index (χ2n) is 8.86. The molecule has 1 unspecified atom stereocenters. The number of nitrogens with zero attached hydrogens (tertiary/aromatic N) is 1. The van der Waals surface area contributed by atoms with Crippen molar-refractivity contribution in [3.63, 3.8) is 0 Å². The van der Waals surface area contributed by atoms with Gasteiger partial charge in [-0.05, 0) is 83.8 Å². The third kappa shape index (κ3) is 6.79. The number of fused-ring (bicyclic) bond motifs is 1. The molecule has 0 radical (unpaired) electrons. The minimum absolute atomic E-state index is 0.129. The molecule has 3 nitrogen and oxygen atoms in total. The lowest BCUT2D eigenvalue weighted by Gasteiger charge is -2.19. The SMILES string of the molecule is CC#CCC(C)[C@H](O)C=C[C@@H]1[C@H]2CC(=CCCCCN(C)C)C[C@H]2C[C@H]1O. The summed E-state index contributed by atoms with van der Waals surface area (Å²) >= 11 is 0. The Balaban J connectivity index is 1.85. The van der Waals surface area contributed by atoms with Gasteiger partial charge in [-0.1, -0.05) is 30.7 Å². The third-order valence-electron chi connectivity index (χ3n) is 6.32. The van der Waals surface area contributed by atoms with Crippen LogP contribution in [-0.2, 0) is 0 Å². The summed E-state index contributed by atoms with van der Waals surface area (Å²) in [5.41, 5.74) is 1.59. The van der Waals surface area contributed by atoms with Crippen LogP contribution in [0.15, 0.2) is 23.8 Å². The first-order valence-corrected chi connectivity index (χ1v) is 10.7. The van der Waals surface area contributed by atoms with E-state index < -0.39 is 6.10 Å². The van der Waals surface area contributed by atoms with Crippen LogP contribution >= 0.6 is 0 Å². The Morgan fingerprint density at radius 3 is 2.74 bits per heavy atom. The number of hydrogen-bond acceptors (Lipinski definition) is 3. The van der Waals surface area contributed by atoms with Crippen molar-refractivity contribution >= 4 is 0 Å². The molecule has 2 fully saturated rings. The number of unbranched alkanes of at least 4 members (excludes halogenated alkanes) is 2. The highest BCUT2D eigenvalue weighted by atomic mass is 16.3. The summed E-state index contributed by atoms with van der Waals surface area (Å²) in [4.78, 5) is 2.25. The van der Waals surface area contributed by atoms with E-state index in [1.54, 1.807) is 5.57 Å². The number of hydrogen-bond donors (Lipinski definition) is 2. The van der Waals surface area contributed by atoms with E-state index >= 15 is 0 Å². The van der Waals surface area contributed by atoms with Crippen LogP contribution in [0.25, 0.3) is 0 Å². The first kappa shape index (κ1) is 22.2. The standard InChI is InChI=1S/C24H39NO2/c1-5-6-10-18(2)23(26)13-12-21-22-16-19(15-20(22)17-24(21)27)11-8-7-9-14-25(3)4/h11-13,18,20-24,26-27H,7-10,14-17H2,1-4H3/t18?,20-,21+,22-,23+,24+/m0/s1. The molecule has 3 heteroatoms. The molecule has 0 heterocycles. The minimum atomic E-state index is -0.481. The molecular weight excluding hydrogens is 334 g/mol. The quantitative estimate of drug-likeness (QED) is 0.364. The fraction of sp³-hybridized carbons (Fsp3) is 0.750. The molecule has 0 aromatic carbocycles. The number of rotatable bonds is 9. The fourth-order valence-corrected chi connectivity index (χ4v) is 4.63. The zero-order valence-electron chi connectivity index (χ0n) is 17.7. The van der Waals surface area contributed by atoms with Gasteiger partial charge in [-0.3, -0.25) is 0 Å². The van der Waals surface area contributed by atoms with E-state index in [9.17, 15) is 10.2 Å². The molecule has 27 heavy (non-hydrogen) atoms. The maximum atomic E-state index is 10.5. The van der Waals surface area contributed by atoms with E-state index in [1.165, 1.54) is 19.3 Å². The Morgan fingerprint density at radius 2 is 2.04 bits per heavy atom. The topological polar surface area (TPSA) is 43.7 Å². The van der Waals surface area contributed by atoms with Crippen LogP contribution in [-0.4, -0.2) is 48.0 Å². The molecule has 2 aliphatic carbocycles. The normalized spacial score (nSPS) is 31.3. The molecule has 0 amide bonds. The molecule has 0 spiro atoms. The van der Waals surface area contributed by atoms with Gasteiger partial charge in [0.2, 0.25) is 0 Å². The van der Waals surface area contributed by atoms with E-state index in [2.05, 4.69) is 43.0 Å². The van der Waals surface area contributed by atoms with Crippen molar-refractivity contribution in [3.05, 3.63) is 23.8 Å². The summed E-state index contributed by atoms with van der Waals surface area (Å²) in [6.45, 7) is 5.02. The minimum Gasteiger partial charge on any atom is -0.392 e. The van der Waals surface area contributed by atoms with Gasteiger partial charge >= 0.3 is 0 Å². The third-order valence-corrected chi connectivity index (χ3v) is 6.32. The lowest BCUT2D eigenvalue weighted by Crippen LogP contribution is -2.19.